The molecule has 4 heteroatoms. The lowest BCUT2D eigenvalue weighted by Crippen LogP contribution is -2.45. The Morgan fingerprint density at radius 2 is 1.71 bits per heavy atom. The molecule has 0 radical (unpaired) electrons. The molecule has 2 aliphatic rings. The maximum absolute atomic E-state index is 12.6. The Hall–Kier alpha value is -2.33. The molecule has 0 saturated carbocycles. The zero-order valence-corrected chi connectivity index (χ0v) is 16.9. The number of piperazine rings is 1. The van der Waals surface area contributed by atoms with Crippen molar-refractivity contribution < 1.29 is 4.79 Å². The minimum Gasteiger partial charge on any atom is -0.369 e. The number of aryl methyl sites for hydroxylation is 2. The molecule has 1 heterocycles. The van der Waals surface area contributed by atoms with Gasteiger partial charge in [-0.15, -0.1) is 0 Å². The zero-order valence-electron chi connectivity index (χ0n) is 16.9. The minimum atomic E-state index is 0.101. The molecule has 1 saturated heterocycles. The molecule has 0 unspecified atom stereocenters. The summed E-state index contributed by atoms with van der Waals surface area (Å²) in [4.78, 5) is 17.3. The van der Waals surface area contributed by atoms with Crippen LogP contribution in [0.2, 0.25) is 0 Å². The number of benzene rings is 2. The van der Waals surface area contributed by atoms with Gasteiger partial charge in [0.25, 0.3) is 0 Å². The second-order valence-corrected chi connectivity index (χ2v) is 8.18. The Morgan fingerprint density at radius 1 is 0.964 bits per heavy atom. The van der Waals surface area contributed by atoms with Crippen LogP contribution in [-0.2, 0) is 30.6 Å². The number of likely N-dealkylation sites (N-methyl/N-ethyl adjacent to an activating group) is 1. The predicted octanol–water partition coefficient (Wildman–Crippen LogP) is 3.18. The van der Waals surface area contributed by atoms with Crippen LogP contribution in [0.4, 0.5) is 5.69 Å². The maximum Gasteiger partial charge on any atom is 0.224 e. The molecule has 0 atom stereocenters. The molecule has 1 aliphatic carbocycles. The van der Waals surface area contributed by atoms with Crippen LogP contribution in [0.3, 0.4) is 0 Å². The first kappa shape index (κ1) is 19.0. The van der Waals surface area contributed by atoms with Gasteiger partial charge in [-0.1, -0.05) is 36.4 Å². The molecule has 1 amide bonds. The second kappa shape index (κ2) is 8.78. The van der Waals surface area contributed by atoms with Gasteiger partial charge in [0.1, 0.15) is 0 Å². The predicted molar refractivity (Wildman–Crippen MR) is 115 cm³/mol. The summed E-state index contributed by atoms with van der Waals surface area (Å²) in [7, 11) is 2.17. The monoisotopic (exact) mass is 377 g/mol. The van der Waals surface area contributed by atoms with Crippen LogP contribution in [0.1, 0.15) is 35.1 Å². The lowest BCUT2D eigenvalue weighted by molar-refractivity contribution is -0.120. The molecular weight excluding hydrogens is 346 g/mol. The Bertz CT molecular complexity index is 824. The van der Waals surface area contributed by atoms with E-state index >= 15 is 0 Å². The standard InChI is InChI=1S/C24H31N3O/c1-26-12-14-27(15-13-26)23-9-5-4-8-22(23)18-25-24(28)17-19-10-11-20-6-2-3-7-21(20)16-19/h4-5,8-11,16H,2-3,6-7,12-15,17-18H2,1H3,(H,25,28). The number of carbonyl (C=O) groups excluding carboxylic acids is 1. The number of para-hydroxylation sites is 1. The summed E-state index contributed by atoms with van der Waals surface area (Å²) in [6, 6.07) is 15.0. The largest absolute Gasteiger partial charge is 0.369 e. The highest BCUT2D eigenvalue weighted by molar-refractivity contribution is 5.78. The van der Waals surface area contributed by atoms with Gasteiger partial charge < -0.3 is 15.1 Å². The SMILES string of the molecule is CN1CCN(c2ccccc2CNC(=O)Cc2ccc3c(c2)CCCC3)CC1. The number of hydrogen-bond donors (Lipinski definition) is 1. The topological polar surface area (TPSA) is 35.6 Å². The van der Waals surface area contributed by atoms with E-state index in [2.05, 4.69) is 64.6 Å². The molecule has 4 nitrogen and oxygen atoms in total. The molecule has 2 aromatic rings. The summed E-state index contributed by atoms with van der Waals surface area (Å²) in [5, 5.41) is 3.14. The average molecular weight is 378 g/mol. The van der Waals surface area contributed by atoms with Gasteiger partial charge in [0.15, 0.2) is 0 Å². The highest BCUT2D eigenvalue weighted by Crippen LogP contribution is 2.23. The van der Waals surface area contributed by atoms with Crippen LogP contribution in [0, 0.1) is 0 Å². The molecule has 28 heavy (non-hydrogen) atoms. The second-order valence-electron chi connectivity index (χ2n) is 8.18. The van der Waals surface area contributed by atoms with E-state index in [1.807, 2.05) is 0 Å². The quantitative estimate of drug-likeness (QED) is 0.869. The molecule has 1 aliphatic heterocycles. The number of fused-ring (bicyclic) bond motifs is 1. The summed E-state index contributed by atoms with van der Waals surface area (Å²) < 4.78 is 0. The molecule has 1 N–H and O–H groups in total. The van der Waals surface area contributed by atoms with Crippen LogP contribution in [0.15, 0.2) is 42.5 Å². The fourth-order valence-electron chi connectivity index (χ4n) is 4.35. The van der Waals surface area contributed by atoms with Crippen LogP contribution < -0.4 is 10.2 Å². The maximum atomic E-state index is 12.6. The van der Waals surface area contributed by atoms with Gasteiger partial charge in [-0.3, -0.25) is 4.79 Å². The van der Waals surface area contributed by atoms with Crippen molar-refractivity contribution >= 4 is 11.6 Å². The Morgan fingerprint density at radius 3 is 2.54 bits per heavy atom. The first-order valence-corrected chi connectivity index (χ1v) is 10.6. The number of rotatable bonds is 5. The average Bonchev–Trinajstić information content (AvgIpc) is 2.73. The fraction of sp³-hybridized carbons (Fsp3) is 0.458. The van der Waals surface area contributed by atoms with Gasteiger partial charge in [-0.2, -0.15) is 0 Å². The van der Waals surface area contributed by atoms with E-state index < -0.39 is 0 Å². The van der Waals surface area contributed by atoms with E-state index in [4.69, 9.17) is 0 Å². The molecule has 0 aromatic heterocycles. The number of carbonyl (C=O) groups is 1. The van der Waals surface area contributed by atoms with Gasteiger partial charge in [-0.25, -0.2) is 0 Å². The molecule has 0 spiro atoms. The summed E-state index contributed by atoms with van der Waals surface area (Å²) in [5.41, 5.74) is 6.49. The zero-order chi connectivity index (χ0) is 19.3. The van der Waals surface area contributed by atoms with E-state index in [-0.39, 0.29) is 5.91 Å². The van der Waals surface area contributed by atoms with Crippen molar-refractivity contribution in [1.82, 2.24) is 10.2 Å². The first-order chi connectivity index (χ1) is 13.7. The van der Waals surface area contributed by atoms with Crippen molar-refractivity contribution in [2.75, 3.05) is 38.1 Å². The Labute approximate surface area is 168 Å². The van der Waals surface area contributed by atoms with Crippen molar-refractivity contribution in [3.05, 3.63) is 64.7 Å². The molecular formula is C24H31N3O. The van der Waals surface area contributed by atoms with Crippen molar-refractivity contribution in [3.63, 3.8) is 0 Å². The van der Waals surface area contributed by atoms with Crippen LogP contribution in [0.5, 0.6) is 0 Å². The number of anilines is 1. The smallest absolute Gasteiger partial charge is 0.224 e. The fourth-order valence-corrected chi connectivity index (χ4v) is 4.35. The number of amides is 1. The molecule has 0 bridgehead atoms. The van der Waals surface area contributed by atoms with E-state index in [0.29, 0.717) is 13.0 Å². The van der Waals surface area contributed by atoms with Crippen molar-refractivity contribution in [2.45, 2.75) is 38.6 Å². The lowest BCUT2D eigenvalue weighted by Gasteiger charge is -2.35. The van der Waals surface area contributed by atoms with Crippen LogP contribution in [0.25, 0.3) is 0 Å². The van der Waals surface area contributed by atoms with Crippen LogP contribution >= 0.6 is 0 Å². The Kier molecular flexibility index (Phi) is 5.96. The molecule has 148 valence electrons. The van der Waals surface area contributed by atoms with Gasteiger partial charge >= 0.3 is 0 Å². The number of hydrogen-bond acceptors (Lipinski definition) is 3. The van der Waals surface area contributed by atoms with Crippen molar-refractivity contribution in [3.8, 4) is 0 Å². The molecule has 1 fully saturated rings. The van der Waals surface area contributed by atoms with Crippen molar-refractivity contribution in [1.29, 1.82) is 0 Å². The summed E-state index contributed by atoms with van der Waals surface area (Å²) >= 11 is 0. The van der Waals surface area contributed by atoms with Gasteiger partial charge in [0.2, 0.25) is 5.91 Å². The van der Waals surface area contributed by atoms with E-state index in [0.717, 1.165) is 38.2 Å². The Balaban J connectivity index is 1.36. The summed E-state index contributed by atoms with van der Waals surface area (Å²) in [5.74, 6) is 0.101. The molecule has 4 rings (SSSR count). The normalized spacial score (nSPS) is 17.2. The highest BCUT2D eigenvalue weighted by Gasteiger charge is 2.17. The number of nitrogens with one attached hydrogen (secondary N) is 1. The third kappa shape index (κ3) is 4.56. The number of nitrogens with zero attached hydrogens (tertiary/aromatic N) is 2. The van der Waals surface area contributed by atoms with E-state index in [9.17, 15) is 4.79 Å². The summed E-state index contributed by atoms with van der Waals surface area (Å²) in [6.07, 6.45) is 5.36. The van der Waals surface area contributed by atoms with Gasteiger partial charge in [-0.05, 0) is 61.1 Å². The summed E-state index contributed by atoms with van der Waals surface area (Å²) in [6.45, 7) is 4.83. The highest BCUT2D eigenvalue weighted by atomic mass is 16.1. The minimum absolute atomic E-state index is 0.101. The lowest BCUT2D eigenvalue weighted by atomic mass is 9.90. The van der Waals surface area contributed by atoms with Gasteiger partial charge in [0.05, 0.1) is 6.42 Å². The third-order valence-electron chi connectivity index (χ3n) is 6.09. The third-order valence-corrected chi connectivity index (χ3v) is 6.09. The van der Waals surface area contributed by atoms with Crippen molar-refractivity contribution in [2.24, 2.45) is 0 Å². The first-order valence-electron chi connectivity index (χ1n) is 10.6. The van der Waals surface area contributed by atoms with Gasteiger partial charge in [0, 0.05) is 38.4 Å². The molecule has 2 aromatic carbocycles. The van der Waals surface area contributed by atoms with Crippen LogP contribution in [-0.4, -0.2) is 44.0 Å². The van der Waals surface area contributed by atoms with E-state index in [1.165, 1.54) is 41.6 Å². The van der Waals surface area contributed by atoms with E-state index in [1.54, 1.807) is 0 Å².